The number of hydrogen-bond donors (Lipinski definition) is 0. The molecule has 3 nitrogen and oxygen atoms in total. The lowest BCUT2D eigenvalue weighted by Gasteiger charge is -2.32. The molecule has 3 aromatic rings. The molecule has 0 radical (unpaired) electrons. The second kappa shape index (κ2) is 10.9. The van der Waals surface area contributed by atoms with Gasteiger partial charge in [-0.2, -0.15) is 0 Å². The quantitative estimate of drug-likeness (QED) is 0.370. The molecule has 0 saturated carbocycles. The molecule has 31 heavy (non-hydrogen) atoms. The second-order valence-electron chi connectivity index (χ2n) is 7.24. The summed E-state index contributed by atoms with van der Waals surface area (Å²) in [4.78, 5) is 25.7. The van der Waals surface area contributed by atoms with Crippen LogP contribution < -0.4 is 15.9 Å². The van der Waals surface area contributed by atoms with Gasteiger partial charge in [0.15, 0.2) is 0 Å². The molecule has 0 amide bonds. The van der Waals surface area contributed by atoms with Gasteiger partial charge in [-0.1, -0.05) is 97.9 Å². The van der Waals surface area contributed by atoms with Crippen LogP contribution in [0.2, 0.25) is 0 Å². The molecule has 0 heterocycles. The highest BCUT2D eigenvalue weighted by Crippen LogP contribution is 2.47. The van der Waals surface area contributed by atoms with Crippen molar-refractivity contribution in [1.29, 1.82) is 0 Å². The molecule has 0 spiro atoms. The highest BCUT2D eigenvalue weighted by Gasteiger charge is 2.33. The lowest BCUT2D eigenvalue weighted by atomic mass is 10.1. The maximum absolute atomic E-state index is 13.5. The van der Waals surface area contributed by atoms with Crippen molar-refractivity contribution in [2.75, 3.05) is 6.61 Å². The Labute approximate surface area is 185 Å². The largest absolute Gasteiger partial charge is 0.463 e. The molecule has 0 N–H and O–H groups in total. The van der Waals surface area contributed by atoms with E-state index in [1.807, 2.05) is 68.4 Å². The number of carbonyl (C=O) groups is 2. The Bertz CT molecular complexity index is 954. The van der Waals surface area contributed by atoms with Crippen LogP contribution in [0.1, 0.15) is 33.1 Å². The number of ether oxygens (including phenoxy) is 1. The molecule has 0 aromatic heterocycles. The normalized spacial score (nSPS) is 11.0. The van der Waals surface area contributed by atoms with Crippen molar-refractivity contribution in [2.24, 2.45) is 0 Å². The summed E-state index contributed by atoms with van der Waals surface area (Å²) in [6, 6.07) is 30.6. The van der Waals surface area contributed by atoms with Gasteiger partial charge in [-0.15, -0.1) is 0 Å². The van der Waals surface area contributed by atoms with Crippen LogP contribution in [-0.4, -0.2) is 23.7 Å². The van der Waals surface area contributed by atoms with Crippen molar-refractivity contribution in [2.45, 2.75) is 33.1 Å². The number of rotatable bonds is 9. The van der Waals surface area contributed by atoms with Crippen LogP contribution in [-0.2, 0) is 14.3 Å². The van der Waals surface area contributed by atoms with Crippen molar-refractivity contribution in [3.8, 4) is 0 Å². The number of carbonyl (C=O) groups excluding carboxylic acids is 2. The molecule has 4 heteroatoms. The van der Waals surface area contributed by atoms with Crippen LogP contribution in [0.4, 0.5) is 0 Å². The third-order valence-corrected chi connectivity index (χ3v) is 9.82. The first-order valence-electron chi connectivity index (χ1n) is 10.8. The van der Waals surface area contributed by atoms with E-state index in [-0.39, 0.29) is 11.8 Å². The van der Waals surface area contributed by atoms with E-state index in [9.17, 15) is 9.59 Å². The standard InChI is InChI=1S/C27H29O3P/c1-3-22(28)20-21-26(27(29)30-4-2)31(23-14-8-5-9-15-23,24-16-10-6-11-17-24)25-18-12-7-13-19-25/h5-19H,3-4,20-21H2,1-2H3. The van der Waals surface area contributed by atoms with Crippen molar-refractivity contribution in [3.05, 3.63) is 91.0 Å². The molecule has 0 aliphatic rings. The highest BCUT2D eigenvalue weighted by atomic mass is 31.2. The van der Waals surface area contributed by atoms with Crippen LogP contribution in [0.5, 0.6) is 0 Å². The zero-order valence-corrected chi connectivity index (χ0v) is 19.1. The summed E-state index contributed by atoms with van der Waals surface area (Å²) in [5, 5.41) is 3.94. The average Bonchev–Trinajstić information content (AvgIpc) is 2.83. The van der Waals surface area contributed by atoms with Crippen LogP contribution in [0, 0.1) is 0 Å². The molecule has 0 aliphatic carbocycles. The van der Waals surface area contributed by atoms with Crippen molar-refractivity contribution in [1.82, 2.24) is 0 Å². The van der Waals surface area contributed by atoms with E-state index in [2.05, 4.69) is 36.4 Å². The predicted molar refractivity (Wildman–Crippen MR) is 131 cm³/mol. The Morgan fingerprint density at radius 3 is 1.45 bits per heavy atom. The van der Waals surface area contributed by atoms with Gasteiger partial charge in [0.05, 0.1) is 6.61 Å². The average molecular weight is 433 g/mol. The van der Waals surface area contributed by atoms with E-state index in [4.69, 9.17) is 4.74 Å². The number of esters is 1. The minimum absolute atomic E-state index is 0.147. The summed E-state index contributed by atoms with van der Waals surface area (Å²) in [5.41, 5.74) is 0. The van der Waals surface area contributed by atoms with Gasteiger partial charge in [0.25, 0.3) is 0 Å². The van der Waals surface area contributed by atoms with Crippen molar-refractivity contribution >= 4 is 39.8 Å². The minimum atomic E-state index is -2.53. The molecule has 0 aliphatic heterocycles. The first kappa shape index (κ1) is 22.8. The molecule has 3 aromatic carbocycles. The van der Waals surface area contributed by atoms with Gasteiger partial charge in [0.2, 0.25) is 0 Å². The third-order valence-electron chi connectivity index (χ3n) is 5.38. The van der Waals surface area contributed by atoms with Gasteiger partial charge in [-0.05, 0) is 36.1 Å². The smallest absolute Gasteiger partial charge is 0.335 e. The van der Waals surface area contributed by atoms with E-state index in [1.165, 1.54) is 0 Å². The second-order valence-corrected chi connectivity index (χ2v) is 10.7. The topological polar surface area (TPSA) is 43.4 Å². The van der Waals surface area contributed by atoms with Crippen LogP contribution in [0.3, 0.4) is 0 Å². The van der Waals surface area contributed by atoms with E-state index < -0.39 is 6.89 Å². The summed E-state index contributed by atoms with van der Waals surface area (Å²) in [5.74, 6) is -0.162. The fraction of sp³-hybridized carbons (Fsp3) is 0.222. The summed E-state index contributed by atoms with van der Waals surface area (Å²) in [6.07, 6.45) is 1.18. The van der Waals surface area contributed by atoms with Crippen LogP contribution >= 0.6 is 6.89 Å². The zero-order valence-electron chi connectivity index (χ0n) is 18.2. The minimum Gasteiger partial charge on any atom is -0.463 e. The first-order valence-corrected chi connectivity index (χ1v) is 12.5. The Kier molecular flexibility index (Phi) is 8.03. The first-order chi connectivity index (χ1) is 15.1. The number of hydrogen-bond acceptors (Lipinski definition) is 3. The van der Waals surface area contributed by atoms with Gasteiger partial charge < -0.3 is 4.74 Å². The van der Waals surface area contributed by atoms with Gasteiger partial charge >= 0.3 is 5.97 Å². The number of ketones is 1. The monoisotopic (exact) mass is 432 g/mol. The Morgan fingerprint density at radius 1 is 0.677 bits per heavy atom. The summed E-state index contributed by atoms with van der Waals surface area (Å²) >= 11 is 0. The van der Waals surface area contributed by atoms with Gasteiger partial charge in [0, 0.05) is 18.1 Å². The molecule has 0 bridgehead atoms. The SMILES string of the molecule is CCOC(=O)C(CCC(=O)CC)=P(c1ccccc1)(c1ccccc1)c1ccccc1. The summed E-state index contributed by atoms with van der Waals surface area (Å²) < 4.78 is 5.58. The fourth-order valence-corrected chi connectivity index (χ4v) is 8.40. The molecule has 3 rings (SSSR count). The van der Waals surface area contributed by atoms with Gasteiger partial charge in [-0.25, -0.2) is 4.79 Å². The van der Waals surface area contributed by atoms with E-state index in [0.717, 1.165) is 15.9 Å². The molecule has 0 unspecified atom stereocenters. The van der Waals surface area contributed by atoms with E-state index in [1.54, 1.807) is 0 Å². The molecule has 0 saturated heterocycles. The molecule has 0 fully saturated rings. The van der Waals surface area contributed by atoms with Gasteiger partial charge in [-0.3, -0.25) is 4.79 Å². The van der Waals surface area contributed by atoms with Crippen LogP contribution in [0.25, 0.3) is 0 Å². The van der Waals surface area contributed by atoms with Gasteiger partial charge in [0.1, 0.15) is 5.78 Å². The fourth-order valence-electron chi connectivity index (χ4n) is 3.93. The van der Waals surface area contributed by atoms with Crippen LogP contribution in [0.15, 0.2) is 91.0 Å². The lowest BCUT2D eigenvalue weighted by molar-refractivity contribution is -0.134. The van der Waals surface area contributed by atoms with E-state index >= 15 is 0 Å². The number of benzene rings is 3. The maximum Gasteiger partial charge on any atom is 0.335 e. The Balaban J connectivity index is 2.48. The van der Waals surface area contributed by atoms with Crippen molar-refractivity contribution < 1.29 is 14.3 Å². The Morgan fingerprint density at radius 2 is 1.10 bits per heavy atom. The Hall–Kier alpha value is -2.90. The van der Waals surface area contributed by atoms with E-state index in [0.29, 0.717) is 31.2 Å². The lowest BCUT2D eigenvalue weighted by Crippen LogP contribution is -2.34. The summed E-state index contributed by atoms with van der Waals surface area (Å²) in [6.45, 7) is 1.45. The third kappa shape index (κ3) is 4.89. The molecular formula is C27H29O3P. The molecular weight excluding hydrogens is 403 g/mol. The number of Topliss-reactive ketones (excluding diaryl/α,β-unsaturated/α-hetero) is 1. The molecule has 160 valence electrons. The van der Waals surface area contributed by atoms with Crippen molar-refractivity contribution in [3.63, 3.8) is 0 Å². The zero-order chi connectivity index (χ0) is 22.1. The molecule has 0 atom stereocenters. The highest BCUT2D eigenvalue weighted by molar-refractivity contribution is 7.96. The maximum atomic E-state index is 13.5. The summed E-state index contributed by atoms with van der Waals surface area (Å²) in [7, 11) is 0. The predicted octanol–water partition coefficient (Wildman–Crippen LogP) is 4.48.